The van der Waals surface area contributed by atoms with Gasteiger partial charge in [-0.05, 0) is 77.4 Å². The van der Waals surface area contributed by atoms with E-state index in [9.17, 15) is 4.79 Å². The molecule has 2 aromatic heterocycles. The number of ether oxygens (including phenoxy) is 1. The van der Waals surface area contributed by atoms with Crippen LogP contribution in [0.3, 0.4) is 0 Å². The van der Waals surface area contributed by atoms with Crippen molar-refractivity contribution in [3.8, 4) is 0 Å². The van der Waals surface area contributed by atoms with Gasteiger partial charge >= 0.3 is 5.97 Å². The molecule has 0 aromatic carbocycles. The summed E-state index contributed by atoms with van der Waals surface area (Å²) in [7, 11) is 0. The number of anilines is 1. The summed E-state index contributed by atoms with van der Waals surface area (Å²) in [6.07, 6.45) is 8.65. The van der Waals surface area contributed by atoms with Crippen LogP contribution in [0.25, 0.3) is 6.08 Å². The van der Waals surface area contributed by atoms with Crippen molar-refractivity contribution >= 4 is 17.9 Å². The van der Waals surface area contributed by atoms with Gasteiger partial charge in [0.2, 0.25) is 0 Å². The Labute approximate surface area is 171 Å². The van der Waals surface area contributed by atoms with E-state index < -0.39 is 11.6 Å². The molecule has 3 rings (SSSR count). The molecule has 158 valence electrons. The third-order valence-corrected chi connectivity index (χ3v) is 4.87. The Bertz CT molecular complexity index is 899. The zero-order chi connectivity index (χ0) is 21.2. The highest BCUT2D eigenvalue weighted by Crippen LogP contribution is 2.45. The lowest BCUT2D eigenvalue weighted by molar-refractivity contribution is 0.00627. The molecule has 29 heavy (non-hydrogen) atoms. The largest absolute Gasteiger partial charge is 0.455 e. The minimum atomic E-state index is -0.550. The van der Waals surface area contributed by atoms with Crippen LogP contribution in [0.2, 0.25) is 0 Å². The molecule has 0 amide bonds. The van der Waals surface area contributed by atoms with Gasteiger partial charge < -0.3 is 21.2 Å². The van der Waals surface area contributed by atoms with Gasteiger partial charge in [0, 0.05) is 23.5 Å². The number of carbonyl (C=O) groups excluding carboxylic acids is 1. The second kappa shape index (κ2) is 8.31. The summed E-state index contributed by atoms with van der Waals surface area (Å²) in [6.45, 7) is 8.21. The lowest BCUT2D eigenvalue weighted by atomic mass is 10.0. The maximum Gasteiger partial charge on any atom is 0.361 e. The fourth-order valence-corrected chi connectivity index (χ4v) is 3.43. The quantitative estimate of drug-likeness (QED) is 0.460. The number of aromatic amines is 1. The average Bonchev–Trinajstić information content (AvgIpc) is 3.25. The zero-order valence-electron chi connectivity index (χ0n) is 17.8. The number of nitrogen functional groups attached to an aromatic ring is 1. The van der Waals surface area contributed by atoms with Crippen molar-refractivity contribution in [2.75, 3.05) is 5.73 Å². The minimum absolute atomic E-state index is 0.227. The van der Waals surface area contributed by atoms with E-state index >= 15 is 0 Å². The van der Waals surface area contributed by atoms with Gasteiger partial charge in [-0.1, -0.05) is 5.21 Å². The fraction of sp³-hybridized carbons (Fsp3) is 0.571. The van der Waals surface area contributed by atoms with E-state index in [2.05, 4.69) is 22.2 Å². The SMILES string of the molecule is Cc1[nH]c(N)c(/C=C(\N)CCCCn2cc(C(=O)OC(C)(C)C)nn2)c1C1CC1. The number of esters is 1. The molecule has 1 aliphatic carbocycles. The summed E-state index contributed by atoms with van der Waals surface area (Å²) in [6, 6.07) is 0. The van der Waals surface area contributed by atoms with Crippen LogP contribution >= 0.6 is 0 Å². The Hall–Kier alpha value is -2.77. The number of nitrogens with one attached hydrogen (secondary N) is 1. The van der Waals surface area contributed by atoms with Crippen molar-refractivity contribution in [2.45, 2.75) is 77.9 Å². The van der Waals surface area contributed by atoms with E-state index in [0.717, 1.165) is 36.2 Å². The number of nitrogens with zero attached hydrogens (tertiary/aromatic N) is 3. The predicted molar refractivity (Wildman–Crippen MR) is 113 cm³/mol. The Morgan fingerprint density at radius 1 is 1.38 bits per heavy atom. The third-order valence-electron chi connectivity index (χ3n) is 4.87. The van der Waals surface area contributed by atoms with Gasteiger partial charge in [-0.25, -0.2) is 4.79 Å². The van der Waals surface area contributed by atoms with Crippen LogP contribution in [0.15, 0.2) is 11.9 Å². The summed E-state index contributed by atoms with van der Waals surface area (Å²) in [4.78, 5) is 15.2. The first-order chi connectivity index (χ1) is 13.6. The molecule has 8 heteroatoms. The summed E-state index contributed by atoms with van der Waals surface area (Å²) in [5.41, 5.74) is 16.4. The van der Waals surface area contributed by atoms with E-state index in [0.29, 0.717) is 18.3 Å². The van der Waals surface area contributed by atoms with E-state index in [1.54, 1.807) is 10.9 Å². The number of aryl methyl sites for hydroxylation is 2. The molecule has 0 atom stereocenters. The number of allylic oxidation sites excluding steroid dienone is 1. The van der Waals surface area contributed by atoms with E-state index in [-0.39, 0.29) is 5.69 Å². The molecule has 0 radical (unpaired) electrons. The Morgan fingerprint density at radius 2 is 2.10 bits per heavy atom. The first-order valence-corrected chi connectivity index (χ1v) is 10.2. The lowest BCUT2D eigenvalue weighted by Crippen LogP contribution is -2.24. The van der Waals surface area contributed by atoms with Crippen LogP contribution in [-0.2, 0) is 11.3 Å². The highest BCUT2D eigenvalue weighted by molar-refractivity contribution is 5.87. The fourth-order valence-electron chi connectivity index (χ4n) is 3.43. The molecular weight excluding hydrogens is 368 g/mol. The normalized spacial score (nSPS) is 15.0. The predicted octanol–water partition coefficient (Wildman–Crippen LogP) is 3.50. The molecule has 0 spiro atoms. The number of aromatic nitrogens is 4. The monoisotopic (exact) mass is 400 g/mol. The summed E-state index contributed by atoms with van der Waals surface area (Å²) >= 11 is 0. The van der Waals surface area contributed by atoms with Crippen molar-refractivity contribution in [1.29, 1.82) is 0 Å². The molecule has 0 saturated heterocycles. The maximum atomic E-state index is 12.0. The molecular formula is C21H32N6O2. The van der Waals surface area contributed by atoms with Crippen molar-refractivity contribution in [3.05, 3.63) is 34.4 Å². The van der Waals surface area contributed by atoms with Crippen LogP contribution in [0.5, 0.6) is 0 Å². The zero-order valence-corrected chi connectivity index (χ0v) is 17.8. The van der Waals surface area contributed by atoms with Crippen molar-refractivity contribution in [1.82, 2.24) is 20.0 Å². The lowest BCUT2D eigenvalue weighted by Gasteiger charge is -2.18. The molecule has 8 nitrogen and oxygen atoms in total. The number of hydrogen-bond acceptors (Lipinski definition) is 6. The van der Waals surface area contributed by atoms with Gasteiger partial charge in [-0.15, -0.1) is 5.10 Å². The number of unbranched alkanes of at least 4 members (excludes halogenated alkanes) is 1. The molecule has 5 N–H and O–H groups in total. The molecule has 1 aliphatic rings. The molecule has 2 heterocycles. The molecule has 0 bridgehead atoms. The summed E-state index contributed by atoms with van der Waals surface area (Å²) in [5, 5.41) is 7.90. The topological polar surface area (TPSA) is 125 Å². The molecule has 0 unspecified atom stereocenters. The van der Waals surface area contributed by atoms with Crippen molar-refractivity contribution in [2.24, 2.45) is 5.73 Å². The van der Waals surface area contributed by atoms with Gasteiger partial charge in [-0.3, -0.25) is 4.68 Å². The molecule has 2 aromatic rings. The standard InChI is InChI=1S/C21H32N6O2/c1-13-18(14-8-9-14)16(19(23)24-13)11-15(22)7-5-6-10-27-12-17(25-26-27)20(28)29-21(2,3)4/h11-12,14,24H,5-10,22-23H2,1-4H3/b15-11-. The third kappa shape index (κ3) is 5.62. The Kier molecular flexibility index (Phi) is 6.00. The highest BCUT2D eigenvalue weighted by Gasteiger charge is 2.29. The number of nitrogens with two attached hydrogens (primary N) is 2. The van der Waals surface area contributed by atoms with Gasteiger partial charge in [-0.2, -0.15) is 0 Å². The van der Waals surface area contributed by atoms with E-state index in [4.69, 9.17) is 16.2 Å². The van der Waals surface area contributed by atoms with Crippen LogP contribution in [0.1, 0.15) is 86.1 Å². The number of rotatable bonds is 8. The van der Waals surface area contributed by atoms with Crippen LogP contribution < -0.4 is 11.5 Å². The van der Waals surface area contributed by atoms with Crippen molar-refractivity contribution < 1.29 is 9.53 Å². The highest BCUT2D eigenvalue weighted by atomic mass is 16.6. The van der Waals surface area contributed by atoms with E-state index in [1.165, 1.54) is 18.4 Å². The van der Waals surface area contributed by atoms with E-state index in [1.807, 2.05) is 26.8 Å². The number of H-pyrrole nitrogens is 1. The Balaban J connectivity index is 1.49. The van der Waals surface area contributed by atoms with Crippen LogP contribution in [0.4, 0.5) is 5.82 Å². The number of hydrogen-bond donors (Lipinski definition) is 3. The summed E-state index contributed by atoms with van der Waals surface area (Å²) < 4.78 is 6.97. The first-order valence-electron chi connectivity index (χ1n) is 10.2. The number of carbonyl (C=O) groups is 1. The van der Waals surface area contributed by atoms with Gasteiger partial charge in [0.25, 0.3) is 0 Å². The van der Waals surface area contributed by atoms with Crippen LogP contribution in [-0.4, -0.2) is 31.5 Å². The maximum absolute atomic E-state index is 12.0. The average molecular weight is 401 g/mol. The first kappa shape index (κ1) is 21.0. The van der Waals surface area contributed by atoms with Crippen LogP contribution in [0, 0.1) is 6.92 Å². The Morgan fingerprint density at radius 3 is 2.76 bits per heavy atom. The minimum Gasteiger partial charge on any atom is -0.455 e. The van der Waals surface area contributed by atoms with Gasteiger partial charge in [0.05, 0.1) is 6.20 Å². The molecule has 1 saturated carbocycles. The van der Waals surface area contributed by atoms with Gasteiger partial charge in [0.15, 0.2) is 5.69 Å². The second-order valence-corrected chi connectivity index (χ2v) is 8.81. The van der Waals surface area contributed by atoms with Crippen molar-refractivity contribution in [3.63, 3.8) is 0 Å². The molecule has 1 fully saturated rings. The molecule has 0 aliphatic heterocycles. The van der Waals surface area contributed by atoms with Gasteiger partial charge in [0.1, 0.15) is 11.4 Å². The second-order valence-electron chi connectivity index (χ2n) is 8.81. The summed E-state index contributed by atoms with van der Waals surface area (Å²) in [5.74, 6) is 0.862. The smallest absolute Gasteiger partial charge is 0.361 e.